The van der Waals surface area contributed by atoms with Crippen molar-refractivity contribution in [2.75, 3.05) is 0 Å². The van der Waals surface area contributed by atoms with Crippen LogP contribution < -0.4 is 21.3 Å². The molecule has 0 heterocycles. The lowest BCUT2D eigenvalue weighted by molar-refractivity contribution is 1.60. The predicted molar refractivity (Wildman–Crippen MR) is 181 cm³/mol. The molecule has 0 saturated heterocycles. The Morgan fingerprint density at radius 3 is 1.10 bits per heavy atom. The summed E-state index contributed by atoms with van der Waals surface area (Å²) in [6.45, 7) is 2.59. The molecule has 6 rings (SSSR count). The molecule has 2 heteroatoms. The summed E-state index contributed by atoms with van der Waals surface area (Å²) in [5.41, 5.74) is 6.50. The average Bonchev–Trinajstić information content (AvgIpc) is 3.07. The van der Waals surface area contributed by atoms with Crippen LogP contribution in [-0.4, -0.2) is 14.8 Å². The largest absolute Gasteiger partial charge is 0.241 e. The summed E-state index contributed by atoms with van der Waals surface area (Å²) >= 11 is 0. The molecular formula is C39H33BSi. The van der Waals surface area contributed by atoms with Gasteiger partial charge >= 0.3 is 0 Å². The molecule has 0 fully saturated rings. The Morgan fingerprint density at radius 2 is 0.707 bits per heavy atom. The highest BCUT2D eigenvalue weighted by Crippen LogP contribution is 2.36. The van der Waals surface area contributed by atoms with Gasteiger partial charge in [0, 0.05) is 0 Å². The van der Waals surface area contributed by atoms with Crippen LogP contribution in [0.3, 0.4) is 0 Å². The van der Waals surface area contributed by atoms with Gasteiger partial charge in [0.15, 0.2) is 0 Å². The standard InChI is InChI=1S/C39H33BSi/c1-41(36-28-16-6-17-29-36,37-30-18-7-19-31-37)39(33-22-10-3-11-23-33)38(32-20-8-2-9-21-32)40(34-24-12-4-13-25-34)35-26-14-5-15-27-35/h2-31H,1H3/b39-38-. The quantitative estimate of drug-likeness (QED) is 0.146. The molecule has 41 heavy (non-hydrogen) atoms. The summed E-state index contributed by atoms with van der Waals surface area (Å²) in [6, 6.07) is 66.6. The first-order valence-electron chi connectivity index (χ1n) is 14.3. The minimum atomic E-state index is -2.57. The maximum atomic E-state index is 2.54. The fraction of sp³-hybridized carbons (Fsp3) is 0.0256. The van der Waals surface area contributed by atoms with Crippen LogP contribution in [-0.2, 0) is 0 Å². The topological polar surface area (TPSA) is 0 Å². The fourth-order valence-corrected chi connectivity index (χ4v) is 10.4. The van der Waals surface area contributed by atoms with Gasteiger partial charge < -0.3 is 0 Å². The molecule has 0 aromatic heterocycles. The Labute approximate surface area is 245 Å². The normalized spacial score (nSPS) is 11.9. The van der Waals surface area contributed by atoms with E-state index in [-0.39, 0.29) is 6.71 Å². The van der Waals surface area contributed by atoms with Crippen molar-refractivity contribution in [3.63, 3.8) is 0 Å². The lowest BCUT2D eigenvalue weighted by atomic mass is 9.35. The summed E-state index contributed by atoms with van der Waals surface area (Å²) in [7, 11) is -2.57. The van der Waals surface area contributed by atoms with Crippen LogP contribution in [0.25, 0.3) is 10.7 Å². The van der Waals surface area contributed by atoms with Crippen molar-refractivity contribution < 1.29 is 0 Å². The highest BCUT2D eigenvalue weighted by Gasteiger charge is 2.41. The molecular weight excluding hydrogens is 507 g/mol. The van der Waals surface area contributed by atoms with Gasteiger partial charge in [-0.1, -0.05) is 205 Å². The van der Waals surface area contributed by atoms with Crippen molar-refractivity contribution in [1.29, 1.82) is 0 Å². The zero-order valence-electron chi connectivity index (χ0n) is 23.4. The summed E-state index contributed by atoms with van der Waals surface area (Å²) in [5.74, 6) is 0. The van der Waals surface area contributed by atoms with Crippen LogP contribution >= 0.6 is 0 Å². The third-order valence-electron chi connectivity index (χ3n) is 8.17. The maximum absolute atomic E-state index is 2.57. The molecule has 0 unspecified atom stereocenters. The minimum Gasteiger partial charge on any atom is -0.0686 e. The summed E-state index contributed by atoms with van der Waals surface area (Å²) in [6.07, 6.45) is 0. The van der Waals surface area contributed by atoms with E-state index >= 15 is 0 Å². The molecule has 0 amide bonds. The molecule has 0 atom stereocenters. The molecule has 0 aliphatic rings. The SMILES string of the molecule is C[Si](/C(=C(\B(c1ccccc1)c1ccccc1)c1ccccc1)c1ccccc1)(c1ccccc1)c1ccccc1. The Bertz CT molecular complexity index is 1620. The van der Waals surface area contributed by atoms with E-state index in [0.717, 1.165) is 0 Å². The van der Waals surface area contributed by atoms with E-state index in [1.807, 2.05) is 0 Å². The molecule has 6 aromatic rings. The second-order valence-corrected chi connectivity index (χ2v) is 14.5. The van der Waals surface area contributed by atoms with E-state index in [0.29, 0.717) is 0 Å². The lowest BCUT2D eigenvalue weighted by Gasteiger charge is -2.36. The molecule has 0 aliphatic carbocycles. The van der Waals surface area contributed by atoms with Crippen LogP contribution in [0, 0.1) is 0 Å². The van der Waals surface area contributed by atoms with Crippen molar-refractivity contribution in [1.82, 2.24) is 0 Å². The molecule has 0 saturated carbocycles. The molecule has 0 nitrogen and oxygen atoms in total. The number of hydrogen-bond donors (Lipinski definition) is 0. The van der Waals surface area contributed by atoms with E-state index in [1.54, 1.807) is 0 Å². The highest BCUT2D eigenvalue weighted by atomic mass is 28.3. The lowest BCUT2D eigenvalue weighted by Crippen LogP contribution is -2.58. The van der Waals surface area contributed by atoms with Crippen molar-refractivity contribution in [2.24, 2.45) is 0 Å². The molecule has 0 N–H and O–H groups in total. The van der Waals surface area contributed by atoms with Crippen molar-refractivity contribution in [3.05, 3.63) is 193 Å². The van der Waals surface area contributed by atoms with Gasteiger partial charge in [-0.3, -0.25) is 0 Å². The number of benzene rings is 6. The van der Waals surface area contributed by atoms with E-state index in [1.165, 1.54) is 43.1 Å². The van der Waals surface area contributed by atoms with Crippen molar-refractivity contribution in [3.8, 4) is 0 Å². The monoisotopic (exact) mass is 540 g/mol. The molecule has 0 radical (unpaired) electrons. The van der Waals surface area contributed by atoms with Gasteiger partial charge in [-0.05, 0) is 26.7 Å². The third-order valence-corrected chi connectivity index (χ3v) is 12.7. The molecule has 0 bridgehead atoms. The Morgan fingerprint density at radius 1 is 0.390 bits per heavy atom. The van der Waals surface area contributed by atoms with Gasteiger partial charge in [-0.25, -0.2) is 0 Å². The van der Waals surface area contributed by atoms with Crippen LogP contribution in [0.15, 0.2) is 182 Å². The Kier molecular flexibility index (Phi) is 7.93. The fourth-order valence-electron chi connectivity index (χ4n) is 6.21. The van der Waals surface area contributed by atoms with Gasteiger partial charge in [0.25, 0.3) is 0 Å². The summed E-state index contributed by atoms with van der Waals surface area (Å²) in [5, 5.41) is 4.25. The Hall–Kier alpha value is -4.66. The first-order valence-corrected chi connectivity index (χ1v) is 16.8. The third kappa shape index (κ3) is 5.39. The van der Waals surface area contributed by atoms with Gasteiger partial charge in [0.05, 0.1) is 0 Å². The van der Waals surface area contributed by atoms with Gasteiger partial charge in [0.2, 0.25) is 6.71 Å². The predicted octanol–water partition coefficient (Wildman–Crippen LogP) is 6.88. The van der Waals surface area contributed by atoms with E-state index < -0.39 is 8.07 Å². The van der Waals surface area contributed by atoms with Crippen molar-refractivity contribution in [2.45, 2.75) is 6.55 Å². The summed E-state index contributed by atoms with van der Waals surface area (Å²) < 4.78 is 0. The van der Waals surface area contributed by atoms with Gasteiger partial charge in [-0.15, -0.1) is 0 Å². The Balaban J connectivity index is 1.82. The van der Waals surface area contributed by atoms with E-state index in [4.69, 9.17) is 0 Å². The van der Waals surface area contributed by atoms with Gasteiger partial charge in [0.1, 0.15) is 8.07 Å². The van der Waals surface area contributed by atoms with Crippen LogP contribution in [0.4, 0.5) is 0 Å². The van der Waals surface area contributed by atoms with Crippen molar-refractivity contribution >= 4 is 46.8 Å². The first kappa shape index (κ1) is 26.6. The minimum absolute atomic E-state index is 0.0502. The maximum Gasteiger partial charge on any atom is 0.241 e. The van der Waals surface area contributed by atoms with Crippen LogP contribution in [0.5, 0.6) is 0 Å². The molecule has 196 valence electrons. The number of hydrogen-bond acceptors (Lipinski definition) is 0. The molecule has 0 aliphatic heterocycles. The first-order chi connectivity index (χ1) is 20.3. The van der Waals surface area contributed by atoms with E-state index in [9.17, 15) is 0 Å². The zero-order valence-corrected chi connectivity index (χ0v) is 24.4. The summed E-state index contributed by atoms with van der Waals surface area (Å²) in [4.78, 5) is 0. The smallest absolute Gasteiger partial charge is 0.0686 e. The zero-order chi connectivity index (χ0) is 27.9. The average molecular weight is 541 g/mol. The second kappa shape index (κ2) is 12.2. The number of rotatable bonds is 8. The highest BCUT2D eigenvalue weighted by molar-refractivity contribution is 7.18. The molecule has 6 aromatic carbocycles. The second-order valence-electron chi connectivity index (χ2n) is 10.6. The molecule has 0 spiro atoms. The van der Waals surface area contributed by atoms with Crippen LogP contribution in [0.1, 0.15) is 11.1 Å². The van der Waals surface area contributed by atoms with Gasteiger partial charge in [-0.2, -0.15) is 0 Å². The van der Waals surface area contributed by atoms with E-state index in [2.05, 4.69) is 189 Å². The van der Waals surface area contributed by atoms with Crippen LogP contribution in [0.2, 0.25) is 6.55 Å².